The molecule has 3 saturated heterocycles. The minimum atomic E-state index is -0.568. The van der Waals surface area contributed by atoms with E-state index in [9.17, 15) is 14.4 Å². The van der Waals surface area contributed by atoms with Crippen molar-refractivity contribution in [3.05, 3.63) is 34.9 Å². The molecule has 3 amide bonds. The quantitative estimate of drug-likeness (QED) is 0.745. The van der Waals surface area contributed by atoms with Crippen LogP contribution in [-0.4, -0.2) is 52.2 Å². The number of hydrogen-bond donors (Lipinski definition) is 2. The smallest absolute Gasteiger partial charge is 0.255 e. The van der Waals surface area contributed by atoms with E-state index in [0.717, 1.165) is 43.0 Å². The number of nitrogens with two attached hydrogens (primary N) is 1. The second-order valence-corrected chi connectivity index (χ2v) is 9.10. The van der Waals surface area contributed by atoms with E-state index in [2.05, 4.69) is 16.3 Å². The molecule has 1 unspecified atom stereocenters. The summed E-state index contributed by atoms with van der Waals surface area (Å²) in [5, 5.41) is 2.37. The third-order valence-electron chi connectivity index (χ3n) is 7.61. The Morgan fingerprint density at radius 2 is 1.93 bits per heavy atom. The summed E-state index contributed by atoms with van der Waals surface area (Å²) >= 11 is 0. The van der Waals surface area contributed by atoms with E-state index in [0.29, 0.717) is 25.1 Å². The number of carbonyl (C=O) groups is 3. The van der Waals surface area contributed by atoms with Gasteiger partial charge in [-0.2, -0.15) is 0 Å². The van der Waals surface area contributed by atoms with Crippen molar-refractivity contribution < 1.29 is 14.4 Å². The van der Waals surface area contributed by atoms with Crippen LogP contribution < -0.4 is 11.1 Å². The summed E-state index contributed by atoms with van der Waals surface area (Å²) in [7, 11) is 0. The molecule has 1 aromatic rings. The van der Waals surface area contributed by atoms with Gasteiger partial charge in [0.25, 0.3) is 5.91 Å². The number of carbonyl (C=O) groups excluding carboxylic acids is 3. The molecule has 4 fully saturated rings. The average molecular weight is 396 g/mol. The van der Waals surface area contributed by atoms with Crippen LogP contribution in [0.1, 0.15) is 60.0 Å². The summed E-state index contributed by atoms with van der Waals surface area (Å²) in [5.41, 5.74) is 9.18. The molecule has 7 heteroatoms. The Bertz CT molecular complexity index is 875. The Kier molecular flexibility index (Phi) is 4.47. The number of rotatable bonds is 4. The van der Waals surface area contributed by atoms with E-state index < -0.39 is 6.04 Å². The van der Waals surface area contributed by atoms with Crippen molar-refractivity contribution in [3.63, 3.8) is 0 Å². The molecule has 154 valence electrons. The van der Waals surface area contributed by atoms with Gasteiger partial charge in [0.2, 0.25) is 11.8 Å². The largest absolute Gasteiger partial charge is 0.329 e. The number of nitrogens with one attached hydrogen (secondary N) is 1. The van der Waals surface area contributed by atoms with Gasteiger partial charge in [-0.25, -0.2) is 0 Å². The maximum Gasteiger partial charge on any atom is 0.255 e. The van der Waals surface area contributed by atoms with Gasteiger partial charge in [-0.1, -0.05) is 12.1 Å². The molecule has 0 spiro atoms. The zero-order valence-corrected chi connectivity index (χ0v) is 16.7. The van der Waals surface area contributed by atoms with Gasteiger partial charge in [-0.05, 0) is 55.2 Å². The number of imide groups is 1. The minimum Gasteiger partial charge on any atom is -0.329 e. The fourth-order valence-corrected chi connectivity index (χ4v) is 5.79. The van der Waals surface area contributed by atoms with Gasteiger partial charge in [0.1, 0.15) is 6.04 Å². The van der Waals surface area contributed by atoms with Gasteiger partial charge in [-0.3, -0.25) is 24.6 Å². The fourth-order valence-electron chi connectivity index (χ4n) is 5.79. The standard InChI is InChI=1S/C22H28N4O3/c23-13-22-8-6-14(7-9-22)10-25(22)11-15-2-1-3-16-17(15)12-26(21(16)29)18-4-5-19(27)24-20(18)28/h1-3,14,18H,4-13,23H2,(H,24,27,28). The Morgan fingerprint density at radius 1 is 1.14 bits per heavy atom. The molecule has 2 bridgehead atoms. The number of hydrogen-bond acceptors (Lipinski definition) is 5. The fraction of sp³-hybridized carbons (Fsp3) is 0.591. The Morgan fingerprint density at radius 3 is 2.66 bits per heavy atom. The van der Waals surface area contributed by atoms with Crippen molar-refractivity contribution in [3.8, 4) is 0 Å². The summed E-state index contributed by atoms with van der Waals surface area (Å²) < 4.78 is 0. The van der Waals surface area contributed by atoms with Crippen molar-refractivity contribution >= 4 is 17.7 Å². The summed E-state index contributed by atoms with van der Waals surface area (Å²) in [6, 6.07) is 5.33. The highest BCUT2D eigenvalue weighted by Gasteiger charge is 2.46. The first-order chi connectivity index (χ1) is 14.0. The van der Waals surface area contributed by atoms with Crippen LogP contribution in [0.2, 0.25) is 0 Å². The topological polar surface area (TPSA) is 95.7 Å². The third kappa shape index (κ3) is 2.99. The molecule has 7 nitrogen and oxygen atoms in total. The first kappa shape index (κ1) is 18.8. The lowest BCUT2D eigenvalue weighted by Gasteiger charge is -2.54. The molecule has 4 heterocycles. The first-order valence-corrected chi connectivity index (χ1v) is 10.7. The molecule has 6 rings (SSSR count). The van der Waals surface area contributed by atoms with Crippen LogP contribution in [-0.2, 0) is 22.7 Å². The Labute approximate surface area is 170 Å². The van der Waals surface area contributed by atoms with E-state index in [-0.39, 0.29) is 29.7 Å². The highest BCUT2D eigenvalue weighted by Crippen LogP contribution is 2.43. The maximum absolute atomic E-state index is 13.0. The van der Waals surface area contributed by atoms with Crippen molar-refractivity contribution in [2.75, 3.05) is 13.1 Å². The summed E-state index contributed by atoms with van der Waals surface area (Å²) in [6.45, 7) is 2.98. The summed E-state index contributed by atoms with van der Waals surface area (Å²) in [6.07, 6.45) is 5.52. The summed E-state index contributed by atoms with van der Waals surface area (Å²) in [5.74, 6) is 0.0227. The maximum atomic E-state index is 13.0. The molecule has 0 radical (unpaired) electrons. The van der Waals surface area contributed by atoms with Crippen molar-refractivity contribution in [2.24, 2.45) is 11.7 Å². The molecular formula is C22H28N4O3. The van der Waals surface area contributed by atoms with Crippen LogP contribution in [0.15, 0.2) is 18.2 Å². The van der Waals surface area contributed by atoms with Crippen LogP contribution in [0.3, 0.4) is 0 Å². The molecule has 29 heavy (non-hydrogen) atoms. The van der Waals surface area contributed by atoms with Crippen LogP contribution in [0.4, 0.5) is 0 Å². The van der Waals surface area contributed by atoms with Gasteiger partial charge in [0, 0.05) is 43.7 Å². The van der Waals surface area contributed by atoms with E-state index in [1.807, 2.05) is 12.1 Å². The van der Waals surface area contributed by atoms with E-state index in [1.165, 1.54) is 12.8 Å². The van der Waals surface area contributed by atoms with Crippen molar-refractivity contribution in [1.82, 2.24) is 15.1 Å². The van der Waals surface area contributed by atoms with Gasteiger partial charge >= 0.3 is 0 Å². The molecule has 1 atom stereocenters. The van der Waals surface area contributed by atoms with E-state index in [4.69, 9.17) is 5.73 Å². The zero-order valence-electron chi connectivity index (χ0n) is 16.7. The van der Waals surface area contributed by atoms with Gasteiger partial charge in [0.15, 0.2) is 0 Å². The monoisotopic (exact) mass is 396 g/mol. The number of benzene rings is 1. The number of nitrogens with zero attached hydrogens (tertiary/aromatic N) is 2. The lowest BCUT2D eigenvalue weighted by molar-refractivity contribution is -0.136. The van der Waals surface area contributed by atoms with Crippen molar-refractivity contribution in [2.45, 2.75) is 63.2 Å². The van der Waals surface area contributed by atoms with E-state index in [1.54, 1.807) is 4.90 Å². The normalized spacial score (nSPS) is 31.9. The van der Waals surface area contributed by atoms with Crippen LogP contribution in [0.25, 0.3) is 0 Å². The zero-order chi connectivity index (χ0) is 20.2. The molecule has 1 saturated carbocycles. The Balaban J connectivity index is 1.40. The second-order valence-electron chi connectivity index (χ2n) is 9.10. The predicted octanol–water partition coefficient (Wildman–Crippen LogP) is 1.15. The Hall–Kier alpha value is -2.25. The highest BCUT2D eigenvalue weighted by molar-refractivity contribution is 6.05. The molecule has 1 aromatic carbocycles. The lowest BCUT2D eigenvalue weighted by atomic mass is 9.70. The SMILES string of the molecule is NCC12CCC(CC1)CN2Cc1cccc2c1CN(C1CCC(=O)NC1=O)C2=O. The summed E-state index contributed by atoms with van der Waals surface area (Å²) in [4.78, 5) is 41.0. The molecule has 4 aliphatic heterocycles. The predicted molar refractivity (Wildman–Crippen MR) is 107 cm³/mol. The number of piperidine rings is 3. The van der Waals surface area contributed by atoms with Crippen LogP contribution in [0, 0.1) is 5.92 Å². The van der Waals surface area contributed by atoms with Crippen LogP contribution in [0.5, 0.6) is 0 Å². The molecule has 3 N–H and O–H groups in total. The third-order valence-corrected chi connectivity index (χ3v) is 7.61. The van der Waals surface area contributed by atoms with Gasteiger partial charge in [-0.15, -0.1) is 0 Å². The number of fused-ring (bicyclic) bond motifs is 4. The van der Waals surface area contributed by atoms with Crippen LogP contribution >= 0.6 is 0 Å². The first-order valence-electron chi connectivity index (χ1n) is 10.7. The van der Waals surface area contributed by atoms with Gasteiger partial charge < -0.3 is 10.6 Å². The van der Waals surface area contributed by atoms with E-state index >= 15 is 0 Å². The van der Waals surface area contributed by atoms with Gasteiger partial charge in [0.05, 0.1) is 0 Å². The number of amides is 3. The average Bonchev–Trinajstić information content (AvgIpc) is 3.07. The highest BCUT2D eigenvalue weighted by atomic mass is 16.2. The second kappa shape index (κ2) is 6.92. The minimum absolute atomic E-state index is 0.0867. The molecule has 0 aromatic heterocycles. The molecular weight excluding hydrogens is 368 g/mol. The lowest BCUT2D eigenvalue weighted by Crippen LogP contribution is -2.61. The molecule has 1 aliphatic carbocycles. The molecule has 5 aliphatic rings. The van der Waals surface area contributed by atoms with Crippen molar-refractivity contribution in [1.29, 1.82) is 0 Å².